The Kier molecular flexibility index (Phi) is 9.38. The lowest BCUT2D eigenvalue weighted by molar-refractivity contribution is 0.0529. The van der Waals surface area contributed by atoms with Crippen LogP contribution in [0.2, 0.25) is 0 Å². The van der Waals surface area contributed by atoms with Crippen molar-refractivity contribution in [1.29, 1.82) is 0 Å². The number of carbonyl (C=O) groups excluding carboxylic acids is 1. The van der Waals surface area contributed by atoms with Crippen LogP contribution in [0.25, 0.3) is 0 Å². The molecule has 0 aliphatic rings. The molecular formula is C19H33N5O4S. The van der Waals surface area contributed by atoms with E-state index in [9.17, 15) is 13.2 Å². The van der Waals surface area contributed by atoms with E-state index in [1.807, 2.05) is 27.7 Å². The SMILES string of the molecule is CCNC(=NCc1ccc(S(=O)(=O)N(C)C)cc1)NCCNC(=O)OC(C)(C)C. The molecule has 0 spiro atoms. The summed E-state index contributed by atoms with van der Waals surface area (Å²) in [6, 6.07) is 6.64. The fourth-order valence-electron chi connectivity index (χ4n) is 2.15. The Labute approximate surface area is 174 Å². The average molecular weight is 428 g/mol. The minimum Gasteiger partial charge on any atom is -0.444 e. The number of rotatable bonds is 8. The van der Waals surface area contributed by atoms with E-state index in [-0.39, 0.29) is 4.90 Å². The fraction of sp³-hybridized carbons (Fsp3) is 0.579. The van der Waals surface area contributed by atoms with E-state index in [2.05, 4.69) is 20.9 Å². The van der Waals surface area contributed by atoms with Gasteiger partial charge in [0.2, 0.25) is 10.0 Å². The molecule has 1 rings (SSSR count). The molecule has 0 aromatic heterocycles. The van der Waals surface area contributed by atoms with E-state index in [0.717, 1.165) is 5.56 Å². The maximum absolute atomic E-state index is 12.1. The molecule has 1 amide bonds. The van der Waals surface area contributed by atoms with E-state index in [0.29, 0.717) is 32.1 Å². The van der Waals surface area contributed by atoms with Gasteiger partial charge in [0.05, 0.1) is 11.4 Å². The number of carbonyl (C=O) groups is 1. The van der Waals surface area contributed by atoms with Crippen LogP contribution in [-0.4, -0.2) is 64.1 Å². The van der Waals surface area contributed by atoms with Crippen molar-refractivity contribution < 1.29 is 17.9 Å². The molecule has 3 N–H and O–H groups in total. The molecule has 0 bridgehead atoms. The molecule has 0 saturated carbocycles. The first-order valence-electron chi connectivity index (χ1n) is 9.46. The first-order chi connectivity index (χ1) is 13.5. The van der Waals surface area contributed by atoms with E-state index in [1.54, 1.807) is 24.3 Å². The van der Waals surface area contributed by atoms with Crippen LogP contribution >= 0.6 is 0 Å². The van der Waals surface area contributed by atoms with Gasteiger partial charge >= 0.3 is 6.09 Å². The van der Waals surface area contributed by atoms with Crippen molar-refractivity contribution in [3.05, 3.63) is 29.8 Å². The number of benzene rings is 1. The lowest BCUT2D eigenvalue weighted by atomic mass is 10.2. The molecule has 1 aromatic rings. The normalized spacial score (nSPS) is 12.6. The van der Waals surface area contributed by atoms with Crippen molar-refractivity contribution in [3.63, 3.8) is 0 Å². The summed E-state index contributed by atoms with van der Waals surface area (Å²) in [5, 5.41) is 8.92. The Morgan fingerprint density at radius 1 is 1.07 bits per heavy atom. The highest BCUT2D eigenvalue weighted by atomic mass is 32.2. The van der Waals surface area contributed by atoms with Gasteiger partial charge in [-0.15, -0.1) is 0 Å². The van der Waals surface area contributed by atoms with Gasteiger partial charge in [-0.25, -0.2) is 22.5 Å². The minimum absolute atomic E-state index is 0.244. The topological polar surface area (TPSA) is 112 Å². The molecule has 0 heterocycles. The second-order valence-corrected chi connectivity index (χ2v) is 9.63. The van der Waals surface area contributed by atoms with Crippen molar-refractivity contribution in [1.82, 2.24) is 20.3 Å². The van der Waals surface area contributed by atoms with Crippen LogP contribution in [0.5, 0.6) is 0 Å². The van der Waals surface area contributed by atoms with Crippen LogP contribution in [0.3, 0.4) is 0 Å². The lowest BCUT2D eigenvalue weighted by Crippen LogP contribution is -2.42. The van der Waals surface area contributed by atoms with Gasteiger partial charge < -0.3 is 20.7 Å². The number of hydrogen-bond acceptors (Lipinski definition) is 5. The summed E-state index contributed by atoms with van der Waals surface area (Å²) in [7, 11) is -0.440. The van der Waals surface area contributed by atoms with Crippen molar-refractivity contribution >= 4 is 22.1 Å². The number of amides is 1. The standard InChI is InChI=1S/C19H33N5O4S/c1-7-20-17(21-12-13-22-18(25)28-19(2,3)4)23-14-15-8-10-16(11-9-15)29(26,27)24(5)6/h8-11H,7,12-14H2,1-6H3,(H,22,25)(H2,20,21,23). The van der Waals surface area contributed by atoms with Crippen LogP contribution in [0.1, 0.15) is 33.3 Å². The molecular weight excluding hydrogens is 394 g/mol. The molecule has 0 aliphatic heterocycles. The number of hydrogen-bond donors (Lipinski definition) is 3. The van der Waals surface area contributed by atoms with E-state index < -0.39 is 21.7 Å². The Morgan fingerprint density at radius 2 is 1.66 bits per heavy atom. The number of aliphatic imine (C=N–C) groups is 1. The first-order valence-corrected chi connectivity index (χ1v) is 10.9. The summed E-state index contributed by atoms with van der Waals surface area (Å²) in [5.41, 5.74) is 0.349. The van der Waals surface area contributed by atoms with Crippen molar-refractivity contribution in [2.75, 3.05) is 33.7 Å². The van der Waals surface area contributed by atoms with Gasteiger partial charge in [0, 0.05) is 33.7 Å². The van der Waals surface area contributed by atoms with Gasteiger partial charge in [0.15, 0.2) is 5.96 Å². The van der Waals surface area contributed by atoms with Gasteiger partial charge in [0.1, 0.15) is 5.60 Å². The third-order valence-electron chi connectivity index (χ3n) is 3.55. The highest BCUT2D eigenvalue weighted by molar-refractivity contribution is 7.89. The monoisotopic (exact) mass is 427 g/mol. The fourth-order valence-corrected chi connectivity index (χ4v) is 3.05. The quantitative estimate of drug-likeness (QED) is 0.329. The number of guanidine groups is 1. The highest BCUT2D eigenvalue weighted by Crippen LogP contribution is 2.14. The van der Waals surface area contributed by atoms with Crippen LogP contribution in [0.15, 0.2) is 34.2 Å². The Morgan fingerprint density at radius 3 is 2.17 bits per heavy atom. The largest absolute Gasteiger partial charge is 0.444 e. The molecule has 0 fully saturated rings. The summed E-state index contributed by atoms with van der Waals surface area (Å²) in [5.74, 6) is 0.600. The molecule has 0 unspecified atom stereocenters. The Balaban J connectivity index is 2.58. The predicted octanol–water partition coefficient (Wildman–Crippen LogP) is 1.52. The van der Waals surface area contributed by atoms with E-state index >= 15 is 0 Å². The third-order valence-corrected chi connectivity index (χ3v) is 5.38. The van der Waals surface area contributed by atoms with Crippen molar-refractivity contribution in [3.8, 4) is 0 Å². The summed E-state index contributed by atoms with van der Waals surface area (Å²) in [6.45, 7) is 9.32. The van der Waals surface area contributed by atoms with E-state index in [4.69, 9.17) is 4.74 Å². The second kappa shape index (κ2) is 11.0. The van der Waals surface area contributed by atoms with Crippen LogP contribution in [0.4, 0.5) is 4.79 Å². The molecule has 0 saturated heterocycles. The molecule has 10 heteroatoms. The summed E-state index contributed by atoms with van der Waals surface area (Å²) in [6.07, 6.45) is -0.464. The zero-order valence-corrected chi connectivity index (χ0v) is 18.9. The zero-order chi connectivity index (χ0) is 22.1. The molecule has 29 heavy (non-hydrogen) atoms. The second-order valence-electron chi connectivity index (χ2n) is 7.48. The number of nitrogens with one attached hydrogen (secondary N) is 3. The van der Waals surface area contributed by atoms with Crippen molar-refractivity contribution in [2.24, 2.45) is 4.99 Å². The smallest absolute Gasteiger partial charge is 0.407 e. The Hall–Kier alpha value is -2.33. The highest BCUT2D eigenvalue weighted by Gasteiger charge is 2.17. The molecule has 0 atom stereocenters. The molecule has 164 valence electrons. The molecule has 1 aromatic carbocycles. The van der Waals surface area contributed by atoms with Crippen molar-refractivity contribution in [2.45, 2.75) is 44.7 Å². The minimum atomic E-state index is -3.44. The number of ether oxygens (including phenoxy) is 1. The number of nitrogens with zero attached hydrogens (tertiary/aromatic N) is 2. The van der Waals surface area contributed by atoms with Crippen LogP contribution in [-0.2, 0) is 21.3 Å². The molecule has 0 radical (unpaired) electrons. The number of sulfonamides is 1. The predicted molar refractivity (Wildman–Crippen MR) is 114 cm³/mol. The summed E-state index contributed by atoms with van der Waals surface area (Å²) in [4.78, 5) is 16.3. The Bertz CT molecular complexity index is 784. The first kappa shape index (κ1) is 24.7. The van der Waals surface area contributed by atoms with Gasteiger partial charge in [-0.3, -0.25) is 0 Å². The average Bonchev–Trinajstić information content (AvgIpc) is 2.61. The van der Waals surface area contributed by atoms with E-state index in [1.165, 1.54) is 18.4 Å². The van der Waals surface area contributed by atoms with Gasteiger partial charge in [-0.2, -0.15) is 0 Å². The number of alkyl carbamates (subject to hydrolysis) is 1. The third kappa shape index (κ3) is 9.14. The van der Waals surface area contributed by atoms with Gasteiger partial charge in [-0.1, -0.05) is 12.1 Å². The molecule has 9 nitrogen and oxygen atoms in total. The summed E-state index contributed by atoms with van der Waals surface area (Å²) >= 11 is 0. The maximum atomic E-state index is 12.1. The molecule has 0 aliphatic carbocycles. The van der Waals surface area contributed by atoms with Gasteiger partial charge in [-0.05, 0) is 45.4 Å². The van der Waals surface area contributed by atoms with Crippen LogP contribution < -0.4 is 16.0 Å². The zero-order valence-electron chi connectivity index (χ0n) is 18.1. The maximum Gasteiger partial charge on any atom is 0.407 e. The lowest BCUT2D eigenvalue weighted by Gasteiger charge is -2.19. The van der Waals surface area contributed by atoms with Gasteiger partial charge in [0.25, 0.3) is 0 Å². The van der Waals surface area contributed by atoms with Crippen LogP contribution in [0, 0.1) is 0 Å². The summed E-state index contributed by atoms with van der Waals surface area (Å²) < 4.78 is 30.6.